The zero-order chi connectivity index (χ0) is 21.6. The molecule has 0 bridgehead atoms. The van der Waals surface area contributed by atoms with Crippen LogP contribution in [0.1, 0.15) is 34.6 Å². The van der Waals surface area contributed by atoms with Gasteiger partial charge in [-0.15, -0.1) is 0 Å². The Labute approximate surface area is 167 Å². The summed E-state index contributed by atoms with van der Waals surface area (Å²) in [5.74, 6) is -0.642. The van der Waals surface area contributed by atoms with Crippen molar-refractivity contribution >= 4 is 17.4 Å². The first-order valence-corrected chi connectivity index (χ1v) is 8.70. The molecule has 0 amide bonds. The highest BCUT2D eigenvalue weighted by Crippen LogP contribution is 2.35. The van der Waals surface area contributed by atoms with Crippen molar-refractivity contribution in [1.82, 2.24) is 0 Å². The van der Waals surface area contributed by atoms with E-state index in [9.17, 15) is 19.7 Å². The number of nitrogens with zero attached hydrogens (tertiary/aromatic N) is 1. The van der Waals surface area contributed by atoms with Gasteiger partial charge in [0.25, 0.3) is 5.69 Å². The van der Waals surface area contributed by atoms with Gasteiger partial charge in [-0.25, -0.2) is 4.79 Å². The van der Waals surface area contributed by atoms with Crippen LogP contribution in [0.4, 0.5) is 5.69 Å². The van der Waals surface area contributed by atoms with Crippen LogP contribution in [0.15, 0.2) is 36.4 Å². The molecule has 0 N–H and O–H groups in total. The number of nitro benzene ring substituents is 1. The lowest BCUT2D eigenvalue weighted by molar-refractivity contribution is -0.385. The van der Waals surface area contributed by atoms with E-state index in [1.54, 1.807) is 19.1 Å². The van der Waals surface area contributed by atoms with Gasteiger partial charge in [0.1, 0.15) is 11.3 Å². The van der Waals surface area contributed by atoms with Crippen LogP contribution in [0.25, 0.3) is 0 Å². The van der Waals surface area contributed by atoms with Gasteiger partial charge >= 0.3 is 5.97 Å². The van der Waals surface area contributed by atoms with Crippen LogP contribution in [0.3, 0.4) is 0 Å². The Hall–Kier alpha value is -3.62. The maximum absolute atomic E-state index is 12.6. The highest BCUT2D eigenvalue weighted by atomic mass is 16.6. The Morgan fingerprint density at radius 1 is 1.07 bits per heavy atom. The van der Waals surface area contributed by atoms with E-state index >= 15 is 0 Å². The van der Waals surface area contributed by atoms with Crippen LogP contribution in [-0.2, 0) is 4.74 Å². The molecule has 0 aromatic heterocycles. The standard InChI is InChI=1S/C20H21NO8/c1-5-28-18-11-16(21(24)25)15(10-17(18)27-4)20(23)29-12(2)19(22)13-6-8-14(26-3)9-7-13/h6-12H,5H2,1-4H3/t12-/m1/s1. The monoisotopic (exact) mass is 403 g/mol. The summed E-state index contributed by atoms with van der Waals surface area (Å²) in [6, 6.07) is 8.53. The average molecular weight is 403 g/mol. The smallest absolute Gasteiger partial charge is 0.346 e. The highest BCUT2D eigenvalue weighted by molar-refractivity contribution is 6.02. The van der Waals surface area contributed by atoms with Crippen LogP contribution in [0.5, 0.6) is 17.2 Å². The molecular weight excluding hydrogens is 382 g/mol. The zero-order valence-electron chi connectivity index (χ0n) is 16.5. The third kappa shape index (κ3) is 5.01. The van der Waals surface area contributed by atoms with Gasteiger partial charge in [0.15, 0.2) is 17.6 Å². The van der Waals surface area contributed by atoms with E-state index < -0.39 is 28.5 Å². The Balaban J connectivity index is 2.28. The molecule has 0 unspecified atom stereocenters. The molecule has 9 heteroatoms. The van der Waals surface area contributed by atoms with Crippen molar-refractivity contribution in [3.63, 3.8) is 0 Å². The fraction of sp³-hybridized carbons (Fsp3) is 0.300. The maximum Gasteiger partial charge on any atom is 0.346 e. The molecule has 0 saturated heterocycles. The Bertz CT molecular complexity index is 907. The summed E-state index contributed by atoms with van der Waals surface area (Å²) in [4.78, 5) is 35.7. The van der Waals surface area contributed by atoms with Crippen LogP contribution in [0.2, 0.25) is 0 Å². The van der Waals surface area contributed by atoms with Crippen LogP contribution in [-0.4, -0.2) is 43.6 Å². The van der Waals surface area contributed by atoms with Crippen molar-refractivity contribution < 1.29 is 33.5 Å². The summed E-state index contributed by atoms with van der Waals surface area (Å²) in [6.07, 6.45) is -1.16. The first kappa shape index (κ1) is 21.7. The number of rotatable bonds is 9. The fourth-order valence-electron chi connectivity index (χ4n) is 2.56. The number of hydrogen-bond acceptors (Lipinski definition) is 8. The number of hydrogen-bond donors (Lipinski definition) is 0. The van der Waals surface area contributed by atoms with Crippen molar-refractivity contribution in [2.45, 2.75) is 20.0 Å². The fourth-order valence-corrected chi connectivity index (χ4v) is 2.56. The third-order valence-corrected chi connectivity index (χ3v) is 4.03. The molecule has 0 aliphatic heterocycles. The van der Waals surface area contributed by atoms with Crippen molar-refractivity contribution in [3.05, 3.63) is 57.6 Å². The summed E-state index contributed by atoms with van der Waals surface area (Å²) >= 11 is 0. The lowest BCUT2D eigenvalue weighted by Crippen LogP contribution is -2.25. The average Bonchev–Trinajstić information content (AvgIpc) is 2.72. The summed E-state index contributed by atoms with van der Waals surface area (Å²) in [6.45, 7) is 3.35. The SMILES string of the molecule is CCOc1cc([N+](=O)[O-])c(C(=O)O[C@H](C)C(=O)c2ccc(OC)cc2)cc1OC. The minimum Gasteiger partial charge on any atom is -0.497 e. The van der Waals surface area contributed by atoms with Gasteiger partial charge in [0, 0.05) is 11.6 Å². The number of carbonyl (C=O) groups excluding carboxylic acids is 2. The summed E-state index contributed by atoms with van der Waals surface area (Å²) in [7, 11) is 2.84. The number of benzene rings is 2. The number of esters is 1. The predicted octanol–water partition coefficient (Wildman–Crippen LogP) is 3.44. The number of ether oxygens (including phenoxy) is 4. The summed E-state index contributed by atoms with van der Waals surface area (Å²) in [5, 5.41) is 11.4. The summed E-state index contributed by atoms with van der Waals surface area (Å²) < 4.78 is 20.6. The van der Waals surface area contributed by atoms with Crippen molar-refractivity contribution in [2.75, 3.05) is 20.8 Å². The van der Waals surface area contributed by atoms with Gasteiger partial charge in [-0.2, -0.15) is 0 Å². The van der Waals surface area contributed by atoms with E-state index in [0.717, 1.165) is 12.1 Å². The van der Waals surface area contributed by atoms with Gasteiger partial charge in [-0.1, -0.05) is 0 Å². The van der Waals surface area contributed by atoms with Crippen molar-refractivity contribution in [2.24, 2.45) is 0 Å². The largest absolute Gasteiger partial charge is 0.497 e. The van der Waals surface area contributed by atoms with Gasteiger partial charge in [0.05, 0.1) is 31.8 Å². The van der Waals surface area contributed by atoms with Gasteiger partial charge < -0.3 is 18.9 Å². The molecule has 154 valence electrons. The molecule has 2 rings (SSSR count). The topological polar surface area (TPSA) is 114 Å². The van der Waals surface area contributed by atoms with Crippen LogP contribution < -0.4 is 14.2 Å². The van der Waals surface area contributed by atoms with E-state index in [2.05, 4.69) is 0 Å². The minimum atomic E-state index is -1.16. The Kier molecular flexibility index (Phi) is 7.13. The normalized spacial score (nSPS) is 11.3. The van der Waals surface area contributed by atoms with E-state index in [1.807, 2.05) is 0 Å². The number of ketones is 1. The number of carbonyl (C=O) groups is 2. The van der Waals surface area contributed by atoms with Crippen LogP contribution >= 0.6 is 0 Å². The summed E-state index contributed by atoms with van der Waals surface area (Å²) in [5.41, 5.74) is -0.544. The minimum absolute atomic E-state index is 0.126. The number of methoxy groups -OCH3 is 2. The molecule has 0 aliphatic rings. The molecule has 0 fully saturated rings. The molecule has 29 heavy (non-hydrogen) atoms. The quantitative estimate of drug-likeness (QED) is 0.271. The number of nitro groups is 1. The molecule has 9 nitrogen and oxygen atoms in total. The zero-order valence-corrected chi connectivity index (χ0v) is 16.5. The Morgan fingerprint density at radius 2 is 1.72 bits per heavy atom. The molecule has 0 spiro atoms. The van der Waals surface area contributed by atoms with Crippen LogP contribution in [0, 0.1) is 10.1 Å². The molecule has 0 aliphatic carbocycles. The molecule has 2 aromatic carbocycles. The second kappa shape index (κ2) is 9.54. The van der Waals surface area contributed by atoms with E-state index in [-0.39, 0.29) is 23.7 Å². The van der Waals surface area contributed by atoms with Gasteiger partial charge in [-0.05, 0) is 38.1 Å². The molecule has 0 saturated carbocycles. The van der Waals surface area contributed by atoms with Crippen molar-refractivity contribution in [3.8, 4) is 17.2 Å². The second-order valence-electron chi connectivity index (χ2n) is 5.85. The van der Waals surface area contributed by atoms with Gasteiger partial charge in [-0.3, -0.25) is 14.9 Å². The molecule has 0 radical (unpaired) electrons. The predicted molar refractivity (Wildman–Crippen MR) is 103 cm³/mol. The second-order valence-corrected chi connectivity index (χ2v) is 5.85. The molecule has 0 heterocycles. The number of Topliss-reactive ketones (excluding diaryl/α,β-unsaturated/α-hetero) is 1. The van der Waals surface area contributed by atoms with Gasteiger partial charge in [0.2, 0.25) is 5.78 Å². The lowest BCUT2D eigenvalue weighted by Gasteiger charge is -2.14. The first-order valence-electron chi connectivity index (χ1n) is 8.70. The van der Waals surface area contributed by atoms with Crippen molar-refractivity contribution in [1.29, 1.82) is 0 Å². The van der Waals surface area contributed by atoms with E-state index in [1.165, 1.54) is 33.3 Å². The Morgan fingerprint density at radius 3 is 2.24 bits per heavy atom. The molecule has 2 aromatic rings. The van der Waals surface area contributed by atoms with E-state index in [0.29, 0.717) is 11.3 Å². The lowest BCUT2D eigenvalue weighted by atomic mass is 10.1. The molecular formula is C20H21NO8. The first-order chi connectivity index (χ1) is 13.8. The van der Waals surface area contributed by atoms with E-state index in [4.69, 9.17) is 18.9 Å². The third-order valence-electron chi connectivity index (χ3n) is 4.03. The molecule has 1 atom stereocenters. The highest BCUT2D eigenvalue weighted by Gasteiger charge is 2.28. The maximum atomic E-state index is 12.6.